The number of anilines is 1. The molecule has 1 aromatic carbocycles. The van der Waals surface area contributed by atoms with Crippen molar-refractivity contribution in [1.82, 2.24) is 25.9 Å². The van der Waals surface area contributed by atoms with Gasteiger partial charge in [-0.1, -0.05) is 6.92 Å². The van der Waals surface area contributed by atoms with Crippen molar-refractivity contribution in [2.75, 3.05) is 18.4 Å². The minimum atomic E-state index is 0.0214. The van der Waals surface area contributed by atoms with Crippen LogP contribution in [0.1, 0.15) is 6.92 Å². The van der Waals surface area contributed by atoms with Crippen LogP contribution < -0.4 is 10.6 Å². The van der Waals surface area contributed by atoms with Crippen molar-refractivity contribution >= 4 is 11.6 Å². The van der Waals surface area contributed by atoms with Crippen LogP contribution in [-0.2, 0) is 4.79 Å². The molecular formula is C13H16N6O. The van der Waals surface area contributed by atoms with Crippen LogP contribution >= 0.6 is 0 Å². The van der Waals surface area contributed by atoms with Gasteiger partial charge < -0.3 is 10.6 Å². The first-order valence-corrected chi connectivity index (χ1v) is 6.59. The molecule has 1 fully saturated rings. The summed E-state index contributed by atoms with van der Waals surface area (Å²) in [5.74, 6) is 1.06. The van der Waals surface area contributed by atoms with E-state index in [9.17, 15) is 4.79 Å². The van der Waals surface area contributed by atoms with Gasteiger partial charge in [0.15, 0.2) is 0 Å². The molecule has 1 aliphatic rings. The molecule has 1 amide bonds. The standard InChI is InChI=1S/C13H16N6O/c1-8(10-6-14-7-10)13(20)15-11-4-2-9(3-5-11)12-16-18-19-17-12/h2-5,8,10,14H,6-7H2,1H3,(H,15,20)(H,16,17,18,19). The number of hydrogen-bond donors (Lipinski definition) is 3. The van der Waals surface area contributed by atoms with E-state index in [0.29, 0.717) is 11.7 Å². The summed E-state index contributed by atoms with van der Waals surface area (Å²) < 4.78 is 0. The van der Waals surface area contributed by atoms with Gasteiger partial charge in [-0.05, 0) is 48.5 Å². The van der Waals surface area contributed by atoms with Crippen LogP contribution in [0.2, 0.25) is 0 Å². The first kappa shape index (κ1) is 12.7. The Morgan fingerprint density at radius 1 is 1.35 bits per heavy atom. The van der Waals surface area contributed by atoms with Gasteiger partial charge in [-0.3, -0.25) is 4.79 Å². The molecule has 7 nitrogen and oxygen atoms in total. The van der Waals surface area contributed by atoms with E-state index in [1.807, 2.05) is 31.2 Å². The number of H-pyrrole nitrogens is 1. The molecule has 0 radical (unpaired) electrons. The van der Waals surface area contributed by atoms with Crippen molar-refractivity contribution in [3.63, 3.8) is 0 Å². The minimum absolute atomic E-state index is 0.0214. The topological polar surface area (TPSA) is 95.6 Å². The number of tetrazole rings is 1. The number of rotatable bonds is 4. The summed E-state index contributed by atoms with van der Waals surface area (Å²) >= 11 is 0. The molecule has 1 saturated heterocycles. The lowest BCUT2D eigenvalue weighted by molar-refractivity contribution is -0.121. The molecule has 1 aromatic heterocycles. The van der Waals surface area contributed by atoms with Crippen LogP contribution in [0.15, 0.2) is 24.3 Å². The zero-order chi connectivity index (χ0) is 13.9. The molecule has 3 N–H and O–H groups in total. The third-order valence-electron chi connectivity index (χ3n) is 3.69. The van der Waals surface area contributed by atoms with Crippen LogP contribution in [0, 0.1) is 11.8 Å². The second-order valence-corrected chi connectivity index (χ2v) is 5.01. The Morgan fingerprint density at radius 2 is 2.10 bits per heavy atom. The van der Waals surface area contributed by atoms with E-state index in [2.05, 4.69) is 31.3 Å². The van der Waals surface area contributed by atoms with Gasteiger partial charge in [0.2, 0.25) is 11.7 Å². The third-order valence-corrected chi connectivity index (χ3v) is 3.69. The van der Waals surface area contributed by atoms with Crippen molar-refractivity contribution in [1.29, 1.82) is 0 Å². The number of aromatic nitrogens is 4. The fraction of sp³-hybridized carbons (Fsp3) is 0.385. The molecule has 1 aliphatic heterocycles. The number of hydrogen-bond acceptors (Lipinski definition) is 5. The summed E-state index contributed by atoms with van der Waals surface area (Å²) in [6.45, 7) is 3.81. The van der Waals surface area contributed by atoms with Gasteiger partial charge in [0.25, 0.3) is 0 Å². The van der Waals surface area contributed by atoms with Crippen LogP contribution in [0.3, 0.4) is 0 Å². The summed E-state index contributed by atoms with van der Waals surface area (Å²) in [7, 11) is 0. The normalized spacial score (nSPS) is 16.4. The van der Waals surface area contributed by atoms with Crippen LogP contribution in [0.25, 0.3) is 11.4 Å². The molecule has 3 rings (SSSR count). The highest BCUT2D eigenvalue weighted by Crippen LogP contribution is 2.20. The Morgan fingerprint density at radius 3 is 2.65 bits per heavy atom. The lowest BCUT2D eigenvalue weighted by atomic mass is 9.88. The van der Waals surface area contributed by atoms with Gasteiger partial charge in [0.1, 0.15) is 0 Å². The van der Waals surface area contributed by atoms with Crippen LogP contribution in [-0.4, -0.2) is 39.6 Å². The quantitative estimate of drug-likeness (QED) is 0.760. The molecule has 0 spiro atoms. The molecule has 104 valence electrons. The molecule has 0 bridgehead atoms. The first-order valence-electron chi connectivity index (χ1n) is 6.59. The number of benzene rings is 1. The van der Waals surface area contributed by atoms with E-state index < -0.39 is 0 Å². The van der Waals surface area contributed by atoms with Crippen molar-refractivity contribution in [3.8, 4) is 11.4 Å². The van der Waals surface area contributed by atoms with Crippen molar-refractivity contribution in [3.05, 3.63) is 24.3 Å². The summed E-state index contributed by atoms with van der Waals surface area (Å²) in [6.07, 6.45) is 0. The van der Waals surface area contributed by atoms with E-state index in [-0.39, 0.29) is 11.8 Å². The number of carbonyl (C=O) groups excluding carboxylic acids is 1. The van der Waals surface area contributed by atoms with E-state index in [4.69, 9.17) is 0 Å². The van der Waals surface area contributed by atoms with E-state index in [0.717, 1.165) is 24.3 Å². The molecule has 20 heavy (non-hydrogen) atoms. The summed E-state index contributed by atoms with van der Waals surface area (Å²) in [6, 6.07) is 7.40. The monoisotopic (exact) mass is 272 g/mol. The highest BCUT2D eigenvalue weighted by molar-refractivity contribution is 5.92. The van der Waals surface area contributed by atoms with E-state index >= 15 is 0 Å². The third kappa shape index (κ3) is 2.53. The Labute approximate surface area is 116 Å². The SMILES string of the molecule is CC(C(=O)Nc1ccc(-c2nn[nH]n2)cc1)C1CNC1. The van der Waals surface area contributed by atoms with Crippen LogP contribution in [0.4, 0.5) is 5.69 Å². The predicted molar refractivity (Wildman–Crippen MR) is 73.8 cm³/mol. The number of amides is 1. The molecule has 1 unspecified atom stereocenters. The number of aromatic amines is 1. The second kappa shape index (κ2) is 5.38. The van der Waals surface area contributed by atoms with Gasteiger partial charge in [0.05, 0.1) is 0 Å². The van der Waals surface area contributed by atoms with Crippen molar-refractivity contribution < 1.29 is 4.79 Å². The van der Waals surface area contributed by atoms with Gasteiger partial charge >= 0.3 is 0 Å². The van der Waals surface area contributed by atoms with Crippen molar-refractivity contribution in [2.24, 2.45) is 11.8 Å². The fourth-order valence-electron chi connectivity index (χ4n) is 2.12. The minimum Gasteiger partial charge on any atom is -0.326 e. The lowest BCUT2D eigenvalue weighted by Crippen LogP contribution is -2.48. The Kier molecular flexibility index (Phi) is 3.42. The van der Waals surface area contributed by atoms with E-state index in [1.54, 1.807) is 0 Å². The second-order valence-electron chi connectivity index (χ2n) is 5.01. The summed E-state index contributed by atoms with van der Waals surface area (Å²) in [5, 5.41) is 19.8. The first-order chi connectivity index (χ1) is 9.74. The number of nitrogens with one attached hydrogen (secondary N) is 3. The Bertz CT molecular complexity index is 575. The van der Waals surface area contributed by atoms with Gasteiger partial charge in [0, 0.05) is 17.2 Å². The van der Waals surface area contributed by atoms with Crippen molar-refractivity contribution in [2.45, 2.75) is 6.92 Å². The largest absolute Gasteiger partial charge is 0.326 e. The average Bonchev–Trinajstić information content (AvgIpc) is 2.91. The molecular weight excluding hydrogens is 256 g/mol. The zero-order valence-electron chi connectivity index (χ0n) is 11.1. The Hall–Kier alpha value is -2.28. The highest BCUT2D eigenvalue weighted by atomic mass is 16.1. The lowest BCUT2D eigenvalue weighted by Gasteiger charge is -2.31. The molecule has 2 aromatic rings. The maximum Gasteiger partial charge on any atom is 0.227 e. The molecule has 7 heteroatoms. The van der Waals surface area contributed by atoms with Crippen LogP contribution in [0.5, 0.6) is 0 Å². The van der Waals surface area contributed by atoms with Gasteiger partial charge in [-0.2, -0.15) is 5.21 Å². The highest BCUT2D eigenvalue weighted by Gasteiger charge is 2.28. The average molecular weight is 272 g/mol. The Balaban J connectivity index is 1.64. The molecule has 1 atom stereocenters. The maximum absolute atomic E-state index is 12.1. The molecule has 2 heterocycles. The summed E-state index contributed by atoms with van der Waals surface area (Å²) in [5.41, 5.74) is 1.63. The number of nitrogens with zero attached hydrogens (tertiary/aromatic N) is 3. The summed E-state index contributed by atoms with van der Waals surface area (Å²) in [4.78, 5) is 12.1. The van der Waals surface area contributed by atoms with Gasteiger partial charge in [-0.15, -0.1) is 10.2 Å². The maximum atomic E-state index is 12.1. The molecule has 0 aliphatic carbocycles. The van der Waals surface area contributed by atoms with Gasteiger partial charge in [-0.25, -0.2) is 0 Å². The van der Waals surface area contributed by atoms with E-state index in [1.165, 1.54) is 0 Å². The zero-order valence-corrected chi connectivity index (χ0v) is 11.1. The number of carbonyl (C=O) groups is 1. The molecule has 0 saturated carbocycles. The smallest absolute Gasteiger partial charge is 0.227 e. The fourth-order valence-corrected chi connectivity index (χ4v) is 2.12. The predicted octanol–water partition coefficient (Wildman–Crippen LogP) is 0.661.